The van der Waals surface area contributed by atoms with Crippen LogP contribution in [0.3, 0.4) is 0 Å². The van der Waals surface area contributed by atoms with Crippen LogP contribution in [0.5, 0.6) is 0 Å². The van der Waals surface area contributed by atoms with E-state index >= 15 is 0 Å². The highest BCUT2D eigenvalue weighted by atomic mass is 15.0. The van der Waals surface area contributed by atoms with Crippen molar-refractivity contribution < 1.29 is 0 Å². The van der Waals surface area contributed by atoms with Crippen LogP contribution in [0.4, 0.5) is 5.82 Å². The van der Waals surface area contributed by atoms with Crippen molar-refractivity contribution in [2.45, 2.75) is 19.8 Å². The van der Waals surface area contributed by atoms with E-state index in [-0.39, 0.29) is 0 Å². The molecule has 0 aliphatic carbocycles. The van der Waals surface area contributed by atoms with Crippen molar-refractivity contribution >= 4 is 16.7 Å². The lowest BCUT2D eigenvalue weighted by Crippen LogP contribution is -2.02. The Kier molecular flexibility index (Phi) is 3.52. The Labute approximate surface area is 124 Å². The molecule has 21 heavy (non-hydrogen) atoms. The molecule has 4 nitrogen and oxygen atoms in total. The number of nitrogens with zero attached hydrogens (tertiary/aromatic N) is 3. The highest BCUT2D eigenvalue weighted by molar-refractivity contribution is 5.83. The van der Waals surface area contributed by atoms with E-state index in [1.54, 1.807) is 6.20 Å². The van der Waals surface area contributed by atoms with Crippen LogP contribution in [0.1, 0.15) is 25.5 Å². The van der Waals surface area contributed by atoms with Crippen LogP contribution >= 0.6 is 0 Å². The van der Waals surface area contributed by atoms with Gasteiger partial charge in [0.05, 0.1) is 5.52 Å². The largest absolute Gasteiger partial charge is 0.373 e. The molecule has 0 atom stereocenters. The Hall–Kier alpha value is -2.49. The van der Waals surface area contributed by atoms with Crippen LogP contribution in [0.2, 0.25) is 0 Å². The maximum Gasteiger partial charge on any atom is 0.161 e. The Morgan fingerprint density at radius 1 is 1.05 bits per heavy atom. The Bertz CT molecular complexity index is 781. The minimum absolute atomic E-state index is 0.362. The quantitative estimate of drug-likeness (QED) is 0.790. The molecule has 0 aliphatic heterocycles. The second kappa shape index (κ2) is 5.48. The average molecular weight is 278 g/mol. The highest BCUT2D eigenvalue weighted by Gasteiger charge is 2.09. The average Bonchev–Trinajstić information content (AvgIpc) is 2.53. The molecular formula is C17H18N4. The summed E-state index contributed by atoms with van der Waals surface area (Å²) in [7, 11) is 1.88. The Balaban J connectivity index is 2.14. The lowest BCUT2D eigenvalue weighted by molar-refractivity contribution is 0.817. The zero-order chi connectivity index (χ0) is 14.8. The van der Waals surface area contributed by atoms with E-state index < -0.39 is 0 Å². The van der Waals surface area contributed by atoms with Gasteiger partial charge in [0, 0.05) is 36.0 Å². The summed E-state index contributed by atoms with van der Waals surface area (Å²) in [6.45, 7) is 4.27. The number of aromatic nitrogens is 3. The first kappa shape index (κ1) is 13.5. The van der Waals surface area contributed by atoms with Gasteiger partial charge in [-0.3, -0.25) is 4.98 Å². The third-order valence-electron chi connectivity index (χ3n) is 3.45. The van der Waals surface area contributed by atoms with Crippen LogP contribution in [0.25, 0.3) is 22.3 Å². The van der Waals surface area contributed by atoms with Gasteiger partial charge in [0.2, 0.25) is 0 Å². The Morgan fingerprint density at radius 2 is 1.90 bits per heavy atom. The first-order valence-electron chi connectivity index (χ1n) is 7.09. The summed E-state index contributed by atoms with van der Waals surface area (Å²) >= 11 is 0. The molecule has 0 saturated heterocycles. The molecule has 0 unspecified atom stereocenters. The van der Waals surface area contributed by atoms with Crippen LogP contribution < -0.4 is 5.32 Å². The SMILES string of the molecule is CNc1cc(C(C)C)nc(-c2ccc3ncccc3c2)n1. The summed E-state index contributed by atoms with van der Waals surface area (Å²) < 4.78 is 0. The zero-order valence-corrected chi connectivity index (χ0v) is 12.5. The molecule has 0 bridgehead atoms. The van der Waals surface area contributed by atoms with Crippen LogP contribution in [-0.2, 0) is 0 Å². The lowest BCUT2D eigenvalue weighted by atomic mass is 10.1. The first-order chi connectivity index (χ1) is 10.2. The molecule has 106 valence electrons. The van der Waals surface area contributed by atoms with Crippen molar-refractivity contribution in [1.82, 2.24) is 15.0 Å². The molecule has 3 rings (SSSR count). The number of nitrogens with one attached hydrogen (secondary N) is 1. The monoisotopic (exact) mass is 278 g/mol. The van der Waals surface area contributed by atoms with Crippen molar-refractivity contribution in [3.63, 3.8) is 0 Å². The van der Waals surface area contributed by atoms with Gasteiger partial charge in [0.1, 0.15) is 5.82 Å². The molecular weight excluding hydrogens is 260 g/mol. The van der Waals surface area contributed by atoms with Gasteiger partial charge in [0.15, 0.2) is 5.82 Å². The summed E-state index contributed by atoms with van der Waals surface area (Å²) in [6.07, 6.45) is 1.80. The third kappa shape index (κ3) is 2.70. The number of rotatable bonds is 3. The zero-order valence-electron chi connectivity index (χ0n) is 12.5. The number of fused-ring (bicyclic) bond motifs is 1. The Morgan fingerprint density at radius 3 is 2.67 bits per heavy atom. The minimum atomic E-state index is 0.362. The van der Waals surface area contributed by atoms with Crippen molar-refractivity contribution in [1.29, 1.82) is 0 Å². The molecule has 0 amide bonds. The summed E-state index contributed by atoms with van der Waals surface area (Å²) in [5.74, 6) is 1.95. The number of pyridine rings is 1. The topological polar surface area (TPSA) is 50.7 Å². The fraction of sp³-hybridized carbons (Fsp3) is 0.235. The second-order valence-electron chi connectivity index (χ2n) is 5.32. The summed E-state index contributed by atoms with van der Waals surface area (Å²) in [4.78, 5) is 13.6. The van der Waals surface area contributed by atoms with E-state index in [2.05, 4.69) is 46.2 Å². The third-order valence-corrected chi connectivity index (χ3v) is 3.45. The van der Waals surface area contributed by atoms with E-state index in [4.69, 9.17) is 0 Å². The molecule has 2 heterocycles. The molecule has 4 heteroatoms. The summed E-state index contributed by atoms with van der Waals surface area (Å²) in [5.41, 5.74) is 3.03. The van der Waals surface area contributed by atoms with Gasteiger partial charge < -0.3 is 5.32 Å². The number of hydrogen-bond donors (Lipinski definition) is 1. The molecule has 3 aromatic rings. The molecule has 0 saturated carbocycles. The van der Waals surface area contributed by atoms with Crippen molar-refractivity contribution in [3.8, 4) is 11.4 Å². The predicted octanol–water partition coefficient (Wildman–Crippen LogP) is 3.86. The molecule has 1 N–H and O–H groups in total. The summed E-state index contributed by atoms with van der Waals surface area (Å²) in [6, 6.07) is 12.1. The van der Waals surface area contributed by atoms with Crippen LogP contribution in [0.15, 0.2) is 42.6 Å². The van der Waals surface area contributed by atoms with E-state index in [0.29, 0.717) is 5.92 Å². The van der Waals surface area contributed by atoms with Gasteiger partial charge in [-0.2, -0.15) is 0 Å². The van der Waals surface area contributed by atoms with Gasteiger partial charge in [-0.1, -0.05) is 19.9 Å². The first-order valence-corrected chi connectivity index (χ1v) is 7.09. The molecule has 0 fully saturated rings. The smallest absolute Gasteiger partial charge is 0.161 e. The maximum absolute atomic E-state index is 4.69. The van der Waals surface area contributed by atoms with Gasteiger partial charge >= 0.3 is 0 Å². The van der Waals surface area contributed by atoms with Gasteiger partial charge in [-0.25, -0.2) is 9.97 Å². The standard InChI is InChI=1S/C17H18N4/c1-11(2)15-10-16(18-3)21-17(20-15)13-6-7-14-12(9-13)5-4-8-19-14/h4-11H,1-3H3,(H,18,20,21). The van der Waals surface area contributed by atoms with Crippen molar-refractivity contribution in [2.24, 2.45) is 0 Å². The molecule has 0 radical (unpaired) electrons. The van der Waals surface area contributed by atoms with Gasteiger partial charge in [-0.15, -0.1) is 0 Å². The number of benzene rings is 1. The molecule has 0 aliphatic rings. The second-order valence-corrected chi connectivity index (χ2v) is 5.32. The van der Waals surface area contributed by atoms with Crippen LogP contribution in [0, 0.1) is 0 Å². The molecule has 1 aromatic carbocycles. The van der Waals surface area contributed by atoms with Crippen molar-refractivity contribution in [2.75, 3.05) is 12.4 Å². The minimum Gasteiger partial charge on any atom is -0.373 e. The van der Waals surface area contributed by atoms with E-state index in [0.717, 1.165) is 33.8 Å². The van der Waals surface area contributed by atoms with Crippen LogP contribution in [-0.4, -0.2) is 22.0 Å². The normalized spacial score (nSPS) is 11.0. The van der Waals surface area contributed by atoms with Gasteiger partial charge in [-0.05, 0) is 30.2 Å². The van der Waals surface area contributed by atoms with E-state index in [1.807, 2.05) is 31.3 Å². The number of hydrogen-bond acceptors (Lipinski definition) is 4. The van der Waals surface area contributed by atoms with Gasteiger partial charge in [0.25, 0.3) is 0 Å². The highest BCUT2D eigenvalue weighted by Crippen LogP contribution is 2.24. The van der Waals surface area contributed by atoms with Crippen molar-refractivity contribution in [3.05, 3.63) is 48.3 Å². The van der Waals surface area contributed by atoms with E-state index in [1.165, 1.54) is 0 Å². The number of anilines is 1. The fourth-order valence-corrected chi connectivity index (χ4v) is 2.23. The fourth-order valence-electron chi connectivity index (χ4n) is 2.23. The van der Waals surface area contributed by atoms with E-state index in [9.17, 15) is 0 Å². The molecule has 2 aromatic heterocycles. The predicted molar refractivity (Wildman–Crippen MR) is 86.4 cm³/mol. The summed E-state index contributed by atoms with van der Waals surface area (Å²) in [5, 5.41) is 4.20. The maximum atomic E-state index is 4.69. The lowest BCUT2D eigenvalue weighted by Gasteiger charge is -2.10. The molecule has 0 spiro atoms.